The van der Waals surface area contributed by atoms with E-state index in [-0.39, 0.29) is 29.7 Å². The molecule has 148 valence electrons. The van der Waals surface area contributed by atoms with E-state index in [2.05, 4.69) is 5.32 Å². The standard InChI is InChI=1S/C22H25FN2O3/c1-15(2)24-21(26)16-7-11-20(12-8-16)28-14-19-4-3-13-25(19)22(27)17-5-9-18(23)10-6-17/h5-12,15,19H,3-4,13-14H2,1-2H3,(H,24,26). The van der Waals surface area contributed by atoms with E-state index in [0.717, 1.165) is 12.8 Å². The largest absolute Gasteiger partial charge is 0.491 e. The first-order valence-corrected chi connectivity index (χ1v) is 9.54. The van der Waals surface area contributed by atoms with Crippen molar-refractivity contribution in [2.24, 2.45) is 0 Å². The van der Waals surface area contributed by atoms with Crippen LogP contribution in [-0.2, 0) is 0 Å². The number of likely N-dealkylation sites (tertiary alicyclic amines) is 1. The van der Waals surface area contributed by atoms with Gasteiger partial charge in [-0.25, -0.2) is 4.39 Å². The van der Waals surface area contributed by atoms with Crippen molar-refractivity contribution in [3.63, 3.8) is 0 Å². The quantitative estimate of drug-likeness (QED) is 0.827. The lowest BCUT2D eigenvalue weighted by atomic mass is 10.1. The van der Waals surface area contributed by atoms with Crippen LogP contribution in [0.4, 0.5) is 4.39 Å². The van der Waals surface area contributed by atoms with Crippen LogP contribution < -0.4 is 10.1 Å². The smallest absolute Gasteiger partial charge is 0.254 e. The highest BCUT2D eigenvalue weighted by atomic mass is 19.1. The van der Waals surface area contributed by atoms with Gasteiger partial charge in [-0.05, 0) is 75.2 Å². The van der Waals surface area contributed by atoms with Gasteiger partial charge in [0.1, 0.15) is 18.2 Å². The highest BCUT2D eigenvalue weighted by molar-refractivity contribution is 5.95. The Bertz CT molecular complexity index is 819. The van der Waals surface area contributed by atoms with Gasteiger partial charge in [-0.15, -0.1) is 0 Å². The van der Waals surface area contributed by atoms with Gasteiger partial charge in [-0.1, -0.05) is 0 Å². The van der Waals surface area contributed by atoms with Gasteiger partial charge in [0.05, 0.1) is 6.04 Å². The molecule has 5 nitrogen and oxygen atoms in total. The van der Waals surface area contributed by atoms with Gasteiger partial charge in [0.25, 0.3) is 11.8 Å². The Hall–Kier alpha value is -2.89. The molecule has 28 heavy (non-hydrogen) atoms. The highest BCUT2D eigenvalue weighted by Crippen LogP contribution is 2.22. The maximum absolute atomic E-state index is 13.1. The van der Waals surface area contributed by atoms with Crippen LogP contribution in [-0.4, -0.2) is 41.9 Å². The van der Waals surface area contributed by atoms with Gasteiger partial charge >= 0.3 is 0 Å². The van der Waals surface area contributed by atoms with Gasteiger partial charge in [0.15, 0.2) is 0 Å². The number of hydrogen-bond donors (Lipinski definition) is 1. The van der Waals surface area contributed by atoms with Crippen molar-refractivity contribution in [2.75, 3.05) is 13.2 Å². The Balaban J connectivity index is 1.58. The van der Waals surface area contributed by atoms with Crippen LogP contribution in [0.25, 0.3) is 0 Å². The Kier molecular flexibility index (Phi) is 6.29. The minimum atomic E-state index is -0.358. The summed E-state index contributed by atoms with van der Waals surface area (Å²) in [6.45, 7) is 4.87. The first kappa shape index (κ1) is 19.9. The van der Waals surface area contributed by atoms with Crippen LogP contribution in [0.1, 0.15) is 47.4 Å². The van der Waals surface area contributed by atoms with Crippen molar-refractivity contribution in [1.82, 2.24) is 10.2 Å². The van der Waals surface area contributed by atoms with Crippen molar-refractivity contribution in [2.45, 2.75) is 38.8 Å². The number of rotatable bonds is 6. The van der Waals surface area contributed by atoms with Crippen molar-refractivity contribution >= 4 is 11.8 Å². The molecule has 1 atom stereocenters. The topological polar surface area (TPSA) is 58.6 Å². The average Bonchev–Trinajstić information content (AvgIpc) is 3.15. The summed E-state index contributed by atoms with van der Waals surface area (Å²) in [5, 5.41) is 2.85. The third kappa shape index (κ3) is 4.88. The number of benzene rings is 2. The lowest BCUT2D eigenvalue weighted by Crippen LogP contribution is -2.39. The SMILES string of the molecule is CC(C)NC(=O)c1ccc(OCC2CCCN2C(=O)c2ccc(F)cc2)cc1. The van der Waals surface area contributed by atoms with Crippen LogP contribution in [0.3, 0.4) is 0 Å². The van der Waals surface area contributed by atoms with E-state index in [1.807, 2.05) is 13.8 Å². The number of carbonyl (C=O) groups excluding carboxylic acids is 2. The zero-order valence-corrected chi connectivity index (χ0v) is 16.2. The first-order chi connectivity index (χ1) is 13.4. The summed E-state index contributed by atoms with van der Waals surface area (Å²) in [6.07, 6.45) is 1.77. The molecule has 0 spiro atoms. The molecule has 1 fully saturated rings. The molecule has 0 aliphatic carbocycles. The van der Waals surface area contributed by atoms with Crippen LogP contribution in [0.5, 0.6) is 5.75 Å². The number of ether oxygens (including phenoxy) is 1. The molecule has 1 aliphatic heterocycles. The minimum Gasteiger partial charge on any atom is -0.491 e. The second-order valence-corrected chi connectivity index (χ2v) is 7.27. The predicted molar refractivity (Wildman–Crippen MR) is 105 cm³/mol. The zero-order chi connectivity index (χ0) is 20.1. The number of amides is 2. The number of carbonyl (C=O) groups is 2. The maximum Gasteiger partial charge on any atom is 0.254 e. The summed E-state index contributed by atoms with van der Waals surface area (Å²) in [7, 11) is 0. The Morgan fingerprint density at radius 1 is 1.11 bits per heavy atom. The molecule has 0 radical (unpaired) electrons. The Morgan fingerprint density at radius 2 is 1.75 bits per heavy atom. The summed E-state index contributed by atoms with van der Waals surface area (Å²) in [6, 6.07) is 12.6. The normalized spacial score (nSPS) is 16.3. The van der Waals surface area contributed by atoms with Crippen molar-refractivity contribution in [3.05, 3.63) is 65.5 Å². The first-order valence-electron chi connectivity index (χ1n) is 9.54. The van der Waals surface area contributed by atoms with Gasteiger partial charge < -0.3 is 15.0 Å². The summed E-state index contributed by atoms with van der Waals surface area (Å²) < 4.78 is 18.9. The van der Waals surface area contributed by atoms with Gasteiger partial charge in [-0.3, -0.25) is 9.59 Å². The molecular formula is C22H25FN2O3. The van der Waals surface area contributed by atoms with E-state index in [0.29, 0.717) is 30.0 Å². The van der Waals surface area contributed by atoms with Crippen molar-refractivity contribution < 1.29 is 18.7 Å². The van der Waals surface area contributed by atoms with Crippen molar-refractivity contribution in [1.29, 1.82) is 0 Å². The van der Waals surface area contributed by atoms with Crippen LogP contribution >= 0.6 is 0 Å². The third-order valence-corrected chi connectivity index (χ3v) is 4.71. The highest BCUT2D eigenvalue weighted by Gasteiger charge is 2.30. The molecule has 6 heteroatoms. The van der Waals surface area contributed by atoms with E-state index in [9.17, 15) is 14.0 Å². The van der Waals surface area contributed by atoms with Crippen LogP contribution in [0.15, 0.2) is 48.5 Å². The second kappa shape index (κ2) is 8.87. The molecule has 2 aromatic rings. The molecule has 1 saturated heterocycles. The second-order valence-electron chi connectivity index (χ2n) is 7.27. The monoisotopic (exact) mass is 384 g/mol. The number of nitrogens with zero attached hydrogens (tertiary/aromatic N) is 1. The minimum absolute atomic E-state index is 0.0264. The molecule has 2 amide bonds. The Morgan fingerprint density at radius 3 is 2.39 bits per heavy atom. The molecule has 1 aliphatic rings. The summed E-state index contributed by atoms with van der Waals surface area (Å²) in [4.78, 5) is 26.5. The van der Waals surface area contributed by atoms with Crippen molar-refractivity contribution in [3.8, 4) is 5.75 Å². The van der Waals surface area contributed by atoms with E-state index in [4.69, 9.17) is 4.74 Å². The van der Waals surface area contributed by atoms with E-state index in [1.165, 1.54) is 24.3 Å². The molecule has 1 heterocycles. The fourth-order valence-electron chi connectivity index (χ4n) is 3.28. The van der Waals surface area contributed by atoms with E-state index >= 15 is 0 Å². The fraction of sp³-hybridized carbons (Fsp3) is 0.364. The lowest BCUT2D eigenvalue weighted by Gasteiger charge is -2.25. The number of hydrogen-bond acceptors (Lipinski definition) is 3. The zero-order valence-electron chi connectivity index (χ0n) is 16.2. The molecule has 1 unspecified atom stereocenters. The molecule has 0 aromatic heterocycles. The third-order valence-electron chi connectivity index (χ3n) is 4.71. The molecule has 0 bridgehead atoms. The van der Waals surface area contributed by atoms with E-state index in [1.54, 1.807) is 29.2 Å². The van der Waals surface area contributed by atoms with E-state index < -0.39 is 0 Å². The molecule has 3 rings (SSSR count). The average molecular weight is 384 g/mol. The lowest BCUT2D eigenvalue weighted by molar-refractivity contribution is 0.0691. The molecule has 1 N–H and O–H groups in total. The van der Waals surface area contributed by atoms with Crippen LogP contribution in [0, 0.1) is 5.82 Å². The summed E-state index contributed by atoms with van der Waals surface area (Å²) >= 11 is 0. The fourth-order valence-corrected chi connectivity index (χ4v) is 3.28. The van der Waals surface area contributed by atoms with Gasteiger partial charge in [-0.2, -0.15) is 0 Å². The molecule has 2 aromatic carbocycles. The Labute approximate surface area is 164 Å². The van der Waals surface area contributed by atoms with Gasteiger partial charge in [0.2, 0.25) is 0 Å². The number of nitrogens with one attached hydrogen (secondary N) is 1. The summed E-state index contributed by atoms with van der Waals surface area (Å²) in [5.74, 6) is 0.0748. The number of halogens is 1. The summed E-state index contributed by atoms with van der Waals surface area (Å²) in [5.41, 5.74) is 1.06. The van der Waals surface area contributed by atoms with Gasteiger partial charge in [0, 0.05) is 23.7 Å². The predicted octanol–water partition coefficient (Wildman–Crippen LogP) is 3.65. The molecule has 0 saturated carbocycles. The molecular weight excluding hydrogens is 359 g/mol. The van der Waals surface area contributed by atoms with Crippen LogP contribution in [0.2, 0.25) is 0 Å². The maximum atomic E-state index is 13.1.